The van der Waals surface area contributed by atoms with Crippen LogP contribution in [0, 0.1) is 5.92 Å². The number of amides is 1. The Morgan fingerprint density at radius 3 is 3.10 bits per heavy atom. The molecule has 0 radical (unpaired) electrons. The number of piperidine rings is 1. The number of hydrogen-bond donors (Lipinski definition) is 2. The Morgan fingerprint density at radius 1 is 1.40 bits per heavy atom. The van der Waals surface area contributed by atoms with Crippen molar-refractivity contribution in [1.29, 1.82) is 0 Å². The van der Waals surface area contributed by atoms with Gasteiger partial charge in [-0.05, 0) is 56.5 Å². The van der Waals surface area contributed by atoms with E-state index in [0.29, 0.717) is 12.5 Å². The van der Waals surface area contributed by atoms with E-state index in [1.165, 1.54) is 12.8 Å². The van der Waals surface area contributed by atoms with E-state index in [1.807, 2.05) is 23.1 Å². The monoisotopic (exact) mass is 337 g/mol. The van der Waals surface area contributed by atoms with Gasteiger partial charge in [0.05, 0.1) is 17.9 Å². The lowest BCUT2D eigenvalue weighted by Crippen LogP contribution is -2.42. The SMILES string of the molecule is O=C1CNc2cc(Br)ccc2N1CCC1CCCNC1. The van der Waals surface area contributed by atoms with Gasteiger partial charge >= 0.3 is 0 Å². The molecular formula is C15H20BrN3O. The van der Waals surface area contributed by atoms with Crippen LogP contribution in [0.3, 0.4) is 0 Å². The third kappa shape index (κ3) is 2.99. The number of anilines is 2. The molecule has 0 saturated carbocycles. The minimum absolute atomic E-state index is 0.170. The van der Waals surface area contributed by atoms with Gasteiger partial charge in [-0.3, -0.25) is 4.79 Å². The Hall–Kier alpha value is -1.07. The Balaban J connectivity index is 1.70. The van der Waals surface area contributed by atoms with E-state index in [2.05, 4.69) is 26.6 Å². The number of fused-ring (bicyclic) bond motifs is 1. The van der Waals surface area contributed by atoms with Crippen LogP contribution in [-0.2, 0) is 4.79 Å². The number of rotatable bonds is 3. The van der Waals surface area contributed by atoms with Crippen molar-refractivity contribution in [2.24, 2.45) is 5.92 Å². The minimum Gasteiger partial charge on any atom is -0.374 e. The van der Waals surface area contributed by atoms with Gasteiger partial charge in [-0.25, -0.2) is 0 Å². The fourth-order valence-electron chi connectivity index (χ4n) is 3.01. The van der Waals surface area contributed by atoms with Crippen LogP contribution in [-0.4, -0.2) is 32.1 Å². The minimum atomic E-state index is 0.170. The molecular weight excluding hydrogens is 318 g/mol. The van der Waals surface area contributed by atoms with E-state index in [1.54, 1.807) is 0 Å². The summed E-state index contributed by atoms with van der Waals surface area (Å²) in [7, 11) is 0. The molecule has 108 valence electrons. The summed E-state index contributed by atoms with van der Waals surface area (Å²) < 4.78 is 1.04. The molecule has 1 saturated heterocycles. The molecule has 3 rings (SSSR count). The highest BCUT2D eigenvalue weighted by Gasteiger charge is 2.25. The number of carbonyl (C=O) groups is 1. The van der Waals surface area contributed by atoms with Crippen LogP contribution in [0.5, 0.6) is 0 Å². The molecule has 0 aromatic heterocycles. The van der Waals surface area contributed by atoms with Gasteiger partial charge in [0.25, 0.3) is 0 Å². The second-order valence-electron chi connectivity index (χ2n) is 5.56. The summed E-state index contributed by atoms with van der Waals surface area (Å²) in [5.41, 5.74) is 2.05. The first-order valence-electron chi connectivity index (χ1n) is 7.28. The van der Waals surface area contributed by atoms with E-state index < -0.39 is 0 Å². The number of benzene rings is 1. The van der Waals surface area contributed by atoms with E-state index >= 15 is 0 Å². The van der Waals surface area contributed by atoms with Crippen molar-refractivity contribution in [2.75, 3.05) is 36.4 Å². The Morgan fingerprint density at radius 2 is 2.30 bits per heavy atom. The van der Waals surface area contributed by atoms with Gasteiger partial charge < -0.3 is 15.5 Å². The lowest BCUT2D eigenvalue weighted by Gasteiger charge is -2.32. The lowest BCUT2D eigenvalue weighted by atomic mass is 9.96. The Labute approximate surface area is 128 Å². The molecule has 0 bridgehead atoms. The second-order valence-corrected chi connectivity index (χ2v) is 6.48. The lowest BCUT2D eigenvalue weighted by molar-refractivity contribution is -0.117. The van der Waals surface area contributed by atoms with Crippen molar-refractivity contribution < 1.29 is 4.79 Å². The number of halogens is 1. The third-order valence-corrected chi connectivity index (χ3v) is 4.63. The normalized spacial score (nSPS) is 22.4. The van der Waals surface area contributed by atoms with Crippen molar-refractivity contribution in [1.82, 2.24) is 5.32 Å². The number of carbonyl (C=O) groups excluding carboxylic acids is 1. The summed E-state index contributed by atoms with van der Waals surface area (Å²) >= 11 is 3.48. The maximum absolute atomic E-state index is 12.2. The van der Waals surface area contributed by atoms with Gasteiger partial charge in [-0.15, -0.1) is 0 Å². The van der Waals surface area contributed by atoms with Gasteiger partial charge in [0.1, 0.15) is 0 Å². The summed E-state index contributed by atoms with van der Waals surface area (Å²) in [4.78, 5) is 14.1. The van der Waals surface area contributed by atoms with Crippen molar-refractivity contribution in [3.63, 3.8) is 0 Å². The molecule has 1 unspecified atom stereocenters. The molecule has 1 aromatic rings. The molecule has 2 N–H and O–H groups in total. The van der Waals surface area contributed by atoms with Crippen molar-refractivity contribution in [2.45, 2.75) is 19.3 Å². The molecule has 0 aliphatic carbocycles. The maximum atomic E-state index is 12.2. The molecule has 2 aliphatic heterocycles. The quantitative estimate of drug-likeness (QED) is 0.891. The summed E-state index contributed by atoms with van der Waals surface area (Å²) in [5, 5.41) is 6.63. The number of nitrogens with one attached hydrogen (secondary N) is 2. The zero-order valence-electron chi connectivity index (χ0n) is 11.5. The molecule has 1 atom stereocenters. The highest BCUT2D eigenvalue weighted by atomic mass is 79.9. The van der Waals surface area contributed by atoms with Gasteiger partial charge in [-0.1, -0.05) is 15.9 Å². The van der Waals surface area contributed by atoms with E-state index in [9.17, 15) is 4.79 Å². The second kappa shape index (κ2) is 6.14. The first-order chi connectivity index (χ1) is 9.74. The molecule has 1 amide bonds. The summed E-state index contributed by atoms with van der Waals surface area (Å²) in [6.45, 7) is 3.45. The fraction of sp³-hybridized carbons (Fsp3) is 0.533. The average Bonchev–Trinajstić information content (AvgIpc) is 2.47. The molecule has 1 aromatic carbocycles. The van der Waals surface area contributed by atoms with Crippen LogP contribution < -0.4 is 15.5 Å². The fourth-order valence-corrected chi connectivity index (χ4v) is 3.37. The zero-order valence-corrected chi connectivity index (χ0v) is 13.1. The highest BCUT2D eigenvalue weighted by Crippen LogP contribution is 2.32. The van der Waals surface area contributed by atoms with Crippen LogP contribution >= 0.6 is 15.9 Å². The summed E-state index contributed by atoms with van der Waals surface area (Å²) in [5.74, 6) is 0.869. The highest BCUT2D eigenvalue weighted by molar-refractivity contribution is 9.10. The predicted molar refractivity (Wildman–Crippen MR) is 85.2 cm³/mol. The van der Waals surface area contributed by atoms with Gasteiger partial charge in [-0.2, -0.15) is 0 Å². The topological polar surface area (TPSA) is 44.4 Å². The number of hydrogen-bond acceptors (Lipinski definition) is 3. The third-order valence-electron chi connectivity index (χ3n) is 4.14. The first kappa shape index (κ1) is 13.9. The van der Waals surface area contributed by atoms with E-state index in [-0.39, 0.29) is 5.91 Å². The first-order valence-corrected chi connectivity index (χ1v) is 8.08. The molecule has 5 heteroatoms. The van der Waals surface area contributed by atoms with Gasteiger partial charge in [0, 0.05) is 11.0 Å². The van der Waals surface area contributed by atoms with Crippen molar-refractivity contribution in [3.05, 3.63) is 22.7 Å². The van der Waals surface area contributed by atoms with Crippen LogP contribution in [0.4, 0.5) is 11.4 Å². The largest absolute Gasteiger partial charge is 0.374 e. The van der Waals surface area contributed by atoms with Crippen molar-refractivity contribution >= 4 is 33.2 Å². The molecule has 20 heavy (non-hydrogen) atoms. The van der Waals surface area contributed by atoms with Gasteiger partial charge in [0.2, 0.25) is 5.91 Å². The summed E-state index contributed by atoms with van der Waals surface area (Å²) in [6, 6.07) is 6.05. The van der Waals surface area contributed by atoms with E-state index in [4.69, 9.17) is 0 Å². The van der Waals surface area contributed by atoms with Crippen molar-refractivity contribution in [3.8, 4) is 0 Å². The van der Waals surface area contributed by atoms with Crippen LogP contribution in [0.15, 0.2) is 22.7 Å². The molecule has 1 fully saturated rings. The van der Waals surface area contributed by atoms with Crippen LogP contribution in [0.25, 0.3) is 0 Å². The maximum Gasteiger partial charge on any atom is 0.246 e. The molecule has 4 nitrogen and oxygen atoms in total. The Kier molecular flexibility index (Phi) is 4.27. The van der Waals surface area contributed by atoms with Gasteiger partial charge in [0.15, 0.2) is 0 Å². The molecule has 2 aliphatic rings. The summed E-state index contributed by atoms with van der Waals surface area (Å²) in [6.07, 6.45) is 3.61. The standard InChI is InChI=1S/C15H20BrN3O/c16-12-3-4-14-13(8-12)18-10-15(20)19(14)7-5-11-2-1-6-17-9-11/h3-4,8,11,17-18H,1-2,5-7,9-10H2. The van der Waals surface area contributed by atoms with Crippen LogP contribution in [0.1, 0.15) is 19.3 Å². The smallest absolute Gasteiger partial charge is 0.246 e. The average molecular weight is 338 g/mol. The zero-order chi connectivity index (χ0) is 13.9. The molecule has 0 spiro atoms. The molecule has 2 heterocycles. The predicted octanol–water partition coefficient (Wildman–Crippen LogP) is 2.60. The Bertz CT molecular complexity index is 500. The number of nitrogens with zero attached hydrogens (tertiary/aromatic N) is 1. The van der Waals surface area contributed by atoms with Crippen LogP contribution in [0.2, 0.25) is 0 Å². The van der Waals surface area contributed by atoms with E-state index in [0.717, 1.165) is 41.9 Å².